The lowest BCUT2D eigenvalue weighted by molar-refractivity contribution is 0.287. The number of hydrogen-bond donors (Lipinski definition) is 2. The predicted molar refractivity (Wildman–Crippen MR) is 88.9 cm³/mol. The molecule has 3 N–H and O–H groups in total. The first-order valence-electron chi connectivity index (χ1n) is 7.84. The highest BCUT2D eigenvalue weighted by molar-refractivity contribution is 5.47. The van der Waals surface area contributed by atoms with Crippen molar-refractivity contribution in [2.24, 2.45) is 5.73 Å². The number of H-pyrrole nitrogens is 1. The number of benzene rings is 1. The monoisotopic (exact) mass is 328 g/mol. The summed E-state index contributed by atoms with van der Waals surface area (Å²) in [5.74, 6) is 2.98. The normalized spacial score (nSPS) is 12.1. The van der Waals surface area contributed by atoms with Crippen molar-refractivity contribution in [2.45, 2.75) is 19.9 Å². The quantitative estimate of drug-likeness (QED) is 0.692. The largest absolute Gasteiger partial charge is 0.490 e. The minimum absolute atomic E-state index is 0.462. The minimum Gasteiger partial charge on any atom is -0.490 e. The molecule has 0 saturated heterocycles. The molecule has 1 unspecified atom stereocenters. The fourth-order valence-electron chi connectivity index (χ4n) is 2.35. The Morgan fingerprint density at radius 3 is 2.67 bits per heavy atom. The minimum atomic E-state index is -0.462. The molecule has 7 heteroatoms. The first-order valence-corrected chi connectivity index (χ1v) is 7.84. The Morgan fingerprint density at radius 2 is 1.96 bits per heavy atom. The summed E-state index contributed by atoms with van der Waals surface area (Å²) < 4.78 is 16.5. The molecule has 0 spiro atoms. The number of aromatic nitrogens is 3. The molecule has 126 valence electrons. The van der Waals surface area contributed by atoms with Gasteiger partial charge in [0.2, 0.25) is 5.82 Å². The van der Waals surface area contributed by atoms with Crippen LogP contribution in [0.25, 0.3) is 11.6 Å². The van der Waals surface area contributed by atoms with Crippen molar-refractivity contribution in [1.82, 2.24) is 15.2 Å². The van der Waals surface area contributed by atoms with Crippen LogP contribution < -0.4 is 15.2 Å². The van der Waals surface area contributed by atoms with Crippen molar-refractivity contribution in [2.75, 3.05) is 13.2 Å². The van der Waals surface area contributed by atoms with Crippen LogP contribution >= 0.6 is 0 Å². The number of furan rings is 1. The number of rotatable bonds is 7. The SMILES string of the molecule is CCOc1ccc(C(N)c2nc(-c3ccco3)n[nH]2)cc1OCC. The fourth-order valence-corrected chi connectivity index (χ4v) is 2.35. The Hall–Kier alpha value is -2.80. The van der Waals surface area contributed by atoms with Crippen LogP contribution in [0.3, 0.4) is 0 Å². The maximum Gasteiger partial charge on any atom is 0.216 e. The van der Waals surface area contributed by atoms with Gasteiger partial charge in [-0.2, -0.15) is 0 Å². The molecule has 0 fully saturated rings. The molecular formula is C17H20N4O3. The highest BCUT2D eigenvalue weighted by atomic mass is 16.5. The Labute approximate surface area is 139 Å². The first kappa shape index (κ1) is 16.1. The number of nitrogens with two attached hydrogens (primary N) is 1. The molecule has 1 atom stereocenters. The van der Waals surface area contributed by atoms with Crippen molar-refractivity contribution < 1.29 is 13.9 Å². The highest BCUT2D eigenvalue weighted by Gasteiger charge is 2.18. The molecule has 0 saturated carbocycles. The lowest BCUT2D eigenvalue weighted by atomic mass is 10.1. The second kappa shape index (κ2) is 7.18. The lowest BCUT2D eigenvalue weighted by Crippen LogP contribution is -2.14. The third-order valence-electron chi connectivity index (χ3n) is 3.47. The van der Waals surface area contributed by atoms with E-state index in [1.54, 1.807) is 18.4 Å². The summed E-state index contributed by atoms with van der Waals surface area (Å²) in [6.45, 7) is 4.97. The molecule has 1 aromatic carbocycles. The Morgan fingerprint density at radius 1 is 1.17 bits per heavy atom. The van der Waals surface area contributed by atoms with E-state index in [-0.39, 0.29) is 0 Å². The van der Waals surface area contributed by atoms with Crippen molar-refractivity contribution in [3.63, 3.8) is 0 Å². The molecule has 0 amide bonds. The van der Waals surface area contributed by atoms with E-state index in [1.807, 2.05) is 32.0 Å². The van der Waals surface area contributed by atoms with Crippen LogP contribution in [0.5, 0.6) is 11.5 Å². The van der Waals surface area contributed by atoms with Crippen LogP contribution in [0, 0.1) is 0 Å². The number of hydrogen-bond acceptors (Lipinski definition) is 6. The van der Waals surface area contributed by atoms with Gasteiger partial charge in [-0.25, -0.2) is 4.98 Å². The van der Waals surface area contributed by atoms with Crippen LogP contribution in [-0.4, -0.2) is 28.4 Å². The maximum absolute atomic E-state index is 6.31. The van der Waals surface area contributed by atoms with E-state index in [9.17, 15) is 0 Å². The van der Waals surface area contributed by atoms with Crippen molar-refractivity contribution in [3.05, 3.63) is 48.0 Å². The summed E-state index contributed by atoms with van der Waals surface area (Å²) in [6, 6.07) is 8.74. The zero-order chi connectivity index (χ0) is 16.9. The smallest absolute Gasteiger partial charge is 0.216 e. The summed E-state index contributed by atoms with van der Waals surface area (Å²) in [7, 11) is 0. The molecule has 0 bridgehead atoms. The van der Waals surface area contributed by atoms with Gasteiger partial charge in [0.25, 0.3) is 0 Å². The zero-order valence-electron chi connectivity index (χ0n) is 13.7. The number of ether oxygens (including phenoxy) is 2. The van der Waals surface area contributed by atoms with Gasteiger partial charge in [0.1, 0.15) is 5.82 Å². The summed E-state index contributed by atoms with van der Waals surface area (Å²) in [5, 5.41) is 7.01. The zero-order valence-corrected chi connectivity index (χ0v) is 13.7. The molecule has 0 aliphatic carbocycles. The third-order valence-corrected chi connectivity index (χ3v) is 3.47. The summed E-state index contributed by atoms with van der Waals surface area (Å²) in [6.07, 6.45) is 1.58. The topological polar surface area (TPSA) is 99.2 Å². The van der Waals surface area contributed by atoms with Gasteiger partial charge in [-0.15, -0.1) is 5.10 Å². The van der Waals surface area contributed by atoms with Gasteiger partial charge in [0.05, 0.1) is 25.5 Å². The van der Waals surface area contributed by atoms with Crippen molar-refractivity contribution in [1.29, 1.82) is 0 Å². The molecule has 2 aromatic heterocycles. The molecule has 0 aliphatic heterocycles. The van der Waals surface area contributed by atoms with Gasteiger partial charge in [0.15, 0.2) is 17.3 Å². The van der Waals surface area contributed by atoms with Crippen LogP contribution in [0.2, 0.25) is 0 Å². The van der Waals surface area contributed by atoms with E-state index >= 15 is 0 Å². The summed E-state index contributed by atoms with van der Waals surface area (Å²) >= 11 is 0. The predicted octanol–water partition coefficient (Wildman–Crippen LogP) is 2.91. The Kier molecular flexibility index (Phi) is 4.81. The molecule has 0 radical (unpaired) electrons. The van der Waals surface area contributed by atoms with E-state index in [0.29, 0.717) is 42.1 Å². The third kappa shape index (κ3) is 3.26. The Balaban J connectivity index is 1.86. The molecule has 2 heterocycles. The average molecular weight is 328 g/mol. The molecule has 24 heavy (non-hydrogen) atoms. The first-order chi connectivity index (χ1) is 11.7. The van der Waals surface area contributed by atoms with Gasteiger partial charge in [-0.3, -0.25) is 5.10 Å². The molecule has 7 nitrogen and oxygen atoms in total. The van der Waals surface area contributed by atoms with Crippen LogP contribution in [0.1, 0.15) is 31.3 Å². The summed E-state index contributed by atoms with van der Waals surface area (Å²) in [4.78, 5) is 4.41. The molecular weight excluding hydrogens is 308 g/mol. The lowest BCUT2D eigenvalue weighted by Gasteiger charge is -2.14. The van der Waals surface area contributed by atoms with Crippen LogP contribution in [0.15, 0.2) is 41.0 Å². The molecule has 0 aliphatic rings. The Bertz CT molecular complexity index is 783. The number of aromatic amines is 1. The molecule has 3 rings (SSSR count). The number of nitrogens with zero attached hydrogens (tertiary/aromatic N) is 2. The van der Waals surface area contributed by atoms with Crippen molar-refractivity contribution in [3.8, 4) is 23.1 Å². The van der Waals surface area contributed by atoms with Gasteiger partial charge in [-0.05, 0) is 43.7 Å². The average Bonchev–Trinajstić information content (AvgIpc) is 3.27. The van der Waals surface area contributed by atoms with Crippen LogP contribution in [0.4, 0.5) is 0 Å². The van der Waals surface area contributed by atoms with E-state index in [0.717, 1.165) is 5.56 Å². The van der Waals surface area contributed by atoms with E-state index in [2.05, 4.69) is 15.2 Å². The maximum atomic E-state index is 6.31. The fraction of sp³-hybridized carbons (Fsp3) is 0.294. The van der Waals surface area contributed by atoms with Crippen molar-refractivity contribution >= 4 is 0 Å². The standard InChI is InChI=1S/C17H20N4O3/c1-3-22-12-8-7-11(10-14(12)23-4-2)15(18)17-19-16(20-21-17)13-6-5-9-24-13/h5-10,15H,3-4,18H2,1-2H3,(H,19,20,21). The van der Waals surface area contributed by atoms with Gasteiger partial charge in [-0.1, -0.05) is 6.07 Å². The second-order valence-electron chi connectivity index (χ2n) is 5.07. The molecule has 3 aromatic rings. The van der Waals surface area contributed by atoms with Gasteiger partial charge >= 0.3 is 0 Å². The van der Waals surface area contributed by atoms with Crippen LogP contribution in [-0.2, 0) is 0 Å². The second-order valence-corrected chi connectivity index (χ2v) is 5.07. The van der Waals surface area contributed by atoms with Gasteiger partial charge in [0, 0.05) is 0 Å². The highest BCUT2D eigenvalue weighted by Crippen LogP contribution is 2.31. The van der Waals surface area contributed by atoms with E-state index < -0.39 is 6.04 Å². The van der Waals surface area contributed by atoms with E-state index in [1.165, 1.54) is 0 Å². The number of nitrogens with one attached hydrogen (secondary N) is 1. The van der Waals surface area contributed by atoms with Gasteiger partial charge < -0.3 is 19.6 Å². The van der Waals surface area contributed by atoms with E-state index in [4.69, 9.17) is 19.6 Å². The summed E-state index contributed by atoms with van der Waals surface area (Å²) in [5.41, 5.74) is 7.16.